The van der Waals surface area contributed by atoms with Gasteiger partial charge in [-0.1, -0.05) is 187 Å². The van der Waals surface area contributed by atoms with E-state index in [2.05, 4.69) is 270 Å². The van der Waals surface area contributed by atoms with Crippen LogP contribution in [0.2, 0.25) is 0 Å². The van der Waals surface area contributed by atoms with Crippen LogP contribution in [0.25, 0.3) is 55.3 Å². The molecule has 3 aliphatic rings. The summed E-state index contributed by atoms with van der Waals surface area (Å²) in [5.74, 6) is 0. The molecule has 0 amide bonds. The van der Waals surface area contributed by atoms with E-state index in [0.29, 0.717) is 0 Å². The first-order chi connectivity index (χ1) is 33.5. The van der Waals surface area contributed by atoms with E-state index in [1.165, 1.54) is 100 Å². The van der Waals surface area contributed by atoms with Crippen molar-refractivity contribution in [2.45, 2.75) is 57.8 Å². The molecule has 0 bridgehead atoms. The molecule has 2 heteroatoms. The van der Waals surface area contributed by atoms with E-state index >= 15 is 0 Å². The van der Waals surface area contributed by atoms with Gasteiger partial charge in [0.2, 0.25) is 0 Å². The fourth-order valence-corrected chi connectivity index (χ4v) is 12.4. The summed E-state index contributed by atoms with van der Waals surface area (Å²) in [5.41, 5.74) is 25.1. The summed E-state index contributed by atoms with van der Waals surface area (Å²) in [6, 6.07) is 81.6. The number of rotatable bonds is 7. The van der Waals surface area contributed by atoms with E-state index in [0.717, 1.165) is 22.7 Å². The van der Waals surface area contributed by atoms with Gasteiger partial charge in [-0.25, -0.2) is 0 Å². The van der Waals surface area contributed by atoms with Crippen LogP contribution < -0.4 is 9.80 Å². The monoisotopic (exact) mass is 886 g/mol. The Morgan fingerprint density at radius 1 is 0.261 bits per heavy atom. The molecule has 10 aromatic rings. The van der Waals surface area contributed by atoms with E-state index in [1.54, 1.807) is 0 Å². The molecular weight excluding hydrogens is 833 g/mol. The number of anilines is 6. The molecule has 13 rings (SSSR count). The molecule has 0 spiro atoms. The van der Waals surface area contributed by atoms with Crippen molar-refractivity contribution >= 4 is 44.9 Å². The third kappa shape index (κ3) is 6.11. The molecule has 69 heavy (non-hydrogen) atoms. The zero-order chi connectivity index (χ0) is 46.8. The summed E-state index contributed by atoms with van der Waals surface area (Å²) in [6.07, 6.45) is 0. The van der Waals surface area contributed by atoms with Crippen molar-refractivity contribution in [3.05, 3.63) is 252 Å². The van der Waals surface area contributed by atoms with Gasteiger partial charge < -0.3 is 9.80 Å². The second-order valence-electron chi connectivity index (χ2n) is 20.9. The highest BCUT2D eigenvalue weighted by atomic mass is 15.1. The van der Waals surface area contributed by atoms with E-state index in [4.69, 9.17) is 0 Å². The number of hydrogen-bond donors (Lipinski definition) is 0. The molecule has 0 aromatic heterocycles. The molecule has 0 aliphatic heterocycles. The highest BCUT2D eigenvalue weighted by Gasteiger charge is 2.40. The quantitative estimate of drug-likeness (QED) is 0.157. The van der Waals surface area contributed by atoms with Crippen LogP contribution in [0.5, 0.6) is 0 Å². The summed E-state index contributed by atoms with van der Waals surface area (Å²) in [6.45, 7) is 14.3. The molecule has 332 valence electrons. The summed E-state index contributed by atoms with van der Waals surface area (Å²) >= 11 is 0. The summed E-state index contributed by atoms with van der Waals surface area (Å²) < 4.78 is 0. The van der Waals surface area contributed by atoms with Gasteiger partial charge in [-0.05, 0) is 156 Å². The molecule has 0 unspecified atom stereocenters. The molecule has 0 atom stereocenters. The lowest BCUT2D eigenvalue weighted by atomic mass is 9.80. The van der Waals surface area contributed by atoms with E-state index in [9.17, 15) is 0 Å². The standard InChI is InChI=1S/C67H54N2/c1-65(2)57-27-17-15-23-50(57)52-37-34-48(40-60(52)65)68(45-19-9-7-10-20-45)47-32-29-43(30-33-47)44-31-36-56-59(39-44)67(5,6)62-42-63(54-25-13-14-26-55(54)64(56)62)69(46-21-11-8-12-22-46)49-35-38-53-51-24-16-18-28-58(51)66(3,4)61(53)41-49/h7-42H,1-6H3. The highest BCUT2D eigenvalue weighted by Crippen LogP contribution is 2.57. The number of benzene rings is 10. The van der Waals surface area contributed by atoms with Gasteiger partial charge in [-0.15, -0.1) is 0 Å². The fourth-order valence-electron chi connectivity index (χ4n) is 12.4. The lowest BCUT2D eigenvalue weighted by molar-refractivity contribution is 0.660. The Balaban J connectivity index is 0.892. The normalized spacial score (nSPS) is 14.9. The Bertz CT molecular complexity index is 3690. The number of para-hydroxylation sites is 2. The van der Waals surface area contributed by atoms with Crippen molar-refractivity contribution in [3.63, 3.8) is 0 Å². The van der Waals surface area contributed by atoms with Crippen LogP contribution in [0.4, 0.5) is 34.1 Å². The second-order valence-corrected chi connectivity index (χ2v) is 20.9. The van der Waals surface area contributed by atoms with Gasteiger partial charge in [0.05, 0.1) is 5.69 Å². The molecule has 2 nitrogen and oxygen atoms in total. The third-order valence-electron chi connectivity index (χ3n) is 16.0. The van der Waals surface area contributed by atoms with Gasteiger partial charge >= 0.3 is 0 Å². The van der Waals surface area contributed by atoms with Crippen molar-refractivity contribution in [2.75, 3.05) is 9.80 Å². The van der Waals surface area contributed by atoms with Crippen molar-refractivity contribution < 1.29 is 0 Å². The Hall–Kier alpha value is -7.94. The maximum absolute atomic E-state index is 2.50. The Kier molecular flexibility index (Phi) is 8.99. The summed E-state index contributed by atoms with van der Waals surface area (Å²) in [4.78, 5) is 4.89. The Morgan fingerprint density at radius 2 is 0.667 bits per heavy atom. The molecule has 0 saturated carbocycles. The largest absolute Gasteiger partial charge is 0.310 e. The molecular formula is C67H54N2. The van der Waals surface area contributed by atoms with Gasteiger partial charge in [0.1, 0.15) is 0 Å². The maximum atomic E-state index is 2.50. The molecule has 0 heterocycles. The van der Waals surface area contributed by atoms with Crippen LogP contribution in [0.3, 0.4) is 0 Å². The molecule has 0 radical (unpaired) electrons. The molecule has 0 N–H and O–H groups in total. The first-order valence-corrected chi connectivity index (χ1v) is 24.5. The predicted octanol–water partition coefficient (Wildman–Crippen LogP) is 18.4. The lowest BCUT2D eigenvalue weighted by Crippen LogP contribution is -2.18. The predicted molar refractivity (Wildman–Crippen MR) is 291 cm³/mol. The Morgan fingerprint density at radius 3 is 1.26 bits per heavy atom. The van der Waals surface area contributed by atoms with Gasteiger partial charge in [0, 0.05) is 50.1 Å². The SMILES string of the molecule is CC1(C)c2ccccc2-c2ccc(N(c3ccccc3)c3ccc(-c4ccc5c(c4)C(C)(C)c4cc(N(c6ccccc6)c6ccc7c(c6)C(C)(C)c6ccccc6-7)c6ccccc6c4-5)cc3)cc21. The topological polar surface area (TPSA) is 6.48 Å². The van der Waals surface area contributed by atoms with Crippen LogP contribution in [0.1, 0.15) is 74.9 Å². The van der Waals surface area contributed by atoms with Crippen molar-refractivity contribution in [3.8, 4) is 44.5 Å². The van der Waals surface area contributed by atoms with Gasteiger partial charge in [0.25, 0.3) is 0 Å². The van der Waals surface area contributed by atoms with Gasteiger partial charge in [0.15, 0.2) is 0 Å². The van der Waals surface area contributed by atoms with E-state index in [-0.39, 0.29) is 16.2 Å². The maximum Gasteiger partial charge on any atom is 0.0543 e. The van der Waals surface area contributed by atoms with Crippen LogP contribution in [0, 0.1) is 0 Å². The summed E-state index contributed by atoms with van der Waals surface area (Å²) in [5, 5.41) is 2.52. The molecule has 10 aromatic carbocycles. The molecule has 0 fully saturated rings. The van der Waals surface area contributed by atoms with Crippen LogP contribution in [0.15, 0.2) is 218 Å². The third-order valence-corrected chi connectivity index (χ3v) is 16.0. The fraction of sp³-hybridized carbons (Fsp3) is 0.134. The second kappa shape index (κ2) is 15.0. The smallest absolute Gasteiger partial charge is 0.0543 e. The lowest BCUT2D eigenvalue weighted by Gasteiger charge is -2.31. The summed E-state index contributed by atoms with van der Waals surface area (Å²) in [7, 11) is 0. The van der Waals surface area contributed by atoms with Gasteiger partial charge in [-0.2, -0.15) is 0 Å². The minimum Gasteiger partial charge on any atom is -0.310 e. The van der Waals surface area contributed by atoms with Gasteiger partial charge in [-0.3, -0.25) is 0 Å². The van der Waals surface area contributed by atoms with Crippen LogP contribution in [-0.2, 0) is 16.2 Å². The van der Waals surface area contributed by atoms with E-state index < -0.39 is 0 Å². The number of nitrogens with zero attached hydrogens (tertiary/aromatic N) is 2. The van der Waals surface area contributed by atoms with Crippen molar-refractivity contribution in [1.29, 1.82) is 0 Å². The number of fused-ring (bicyclic) bond motifs is 11. The van der Waals surface area contributed by atoms with Crippen molar-refractivity contribution in [1.82, 2.24) is 0 Å². The molecule has 0 saturated heterocycles. The van der Waals surface area contributed by atoms with E-state index in [1.807, 2.05) is 0 Å². The van der Waals surface area contributed by atoms with Crippen LogP contribution >= 0.6 is 0 Å². The molecule has 3 aliphatic carbocycles. The minimum atomic E-state index is -0.256. The zero-order valence-electron chi connectivity index (χ0n) is 40.2. The minimum absolute atomic E-state index is 0.0859. The van der Waals surface area contributed by atoms with Crippen LogP contribution in [-0.4, -0.2) is 0 Å². The van der Waals surface area contributed by atoms with Crippen molar-refractivity contribution in [2.24, 2.45) is 0 Å². The Labute approximate surface area is 406 Å². The zero-order valence-corrected chi connectivity index (χ0v) is 40.2. The first-order valence-electron chi connectivity index (χ1n) is 24.5. The highest BCUT2D eigenvalue weighted by molar-refractivity contribution is 6.10. The average Bonchev–Trinajstić information content (AvgIpc) is 3.86. The average molecular weight is 887 g/mol. The number of hydrogen-bond acceptors (Lipinski definition) is 2. The first kappa shape index (κ1) is 41.3.